The molecule has 0 aliphatic rings. The number of thiazole rings is 1. The fourth-order valence-corrected chi connectivity index (χ4v) is 1.80. The van der Waals surface area contributed by atoms with E-state index in [0.29, 0.717) is 10.8 Å². The number of rotatable bonds is 3. The van der Waals surface area contributed by atoms with E-state index in [2.05, 4.69) is 15.1 Å². The third kappa shape index (κ3) is 2.43. The molecule has 6 heteroatoms. The van der Waals surface area contributed by atoms with E-state index in [4.69, 9.17) is 0 Å². The molecule has 0 saturated heterocycles. The molecule has 0 unspecified atom stereocenters. The molecule has 0 radical (unpaired) electrons. The predicted molar refractivity (Wildman–Crippen MR) is 55.5 cm³/mol. The second-order valence-corrected chi connectivity index (χ2v) is 4.12. The standard InChI is InChI=1S/C8H13N3O2S/c1-5-6(7(12)13-4)9-8(14-5)10-11(2)3/h1-4H3,(H,9,10). The van der Waals surface area contributed by atoms with Crippen LogP contribution in [0.3, 0.4) is 0 Å². The molecule has 1 aromatic rings. The van der Waals surface area contributed by atoms with E-state index in [9.17, 15) is 4.79 Å². The summed E-state index contributed by atoms with van der Waals surface area (Å²) >= 11 is 1.42. The fourth-order valence-electron chi connectivity index (χ4n) is 0.922. The monoisotopic (exact) mass is 215 g/mol. The highest BCUT2D eigenvalue weighted by molar-refractivity contribution is 7.15. The van der Waals surface area contributed by atoms with Crippen molar-refractivity contribution >= 4 is 22.4 Å². The molecule has 78 valence electrons. The van der Waals surface area contributed by atoms with Crippen LogP contribution in [0.2, 0.25) is 0 Å². The maximum Gasteiger partial charge on any atom is 0.357 e. The van der Waals surface area contributed by atoms with Gasteiger partial charge in [-0.05, 0) is 6.92 Å². The number of nitrogens with zero attached hydrogens (tertiary/aromatic N) is 2. The molecule has 0 aromatic carbocycles. The van der Waals surface area contributed by atoms with Crippen molar-refractivity contribution in [3.8, 4) is 0 Å². The van der Waals surface area contributed by atoms with Crippen molar-refractivity contribution < 1.29 is 9.53 Å². The van der Waals surface area contributed by atoms with Gasteiger partial charge in [0.15, 0.2) is 10.8 Å². The molecule has 1 aromatic heterocycles. The zero-order valence-corrected chi connectivity index (χ0v) is 9.44. The Balaban J connectivity index is 2.87. The van der Waals surface area contributed by atoms with Crippen LogP contribution < -0.4 is 5.43 Å². The van der Waals surface area contributed by atoms with E-state index < -0.39 is 5.97 Å². The van der Waals surface area contributed by atoms with E-state index in [1.54, 1.807) is 5.01 Å². The normalized spacial score (nSPS) is 10.4. The highest BCUT2D eigenvalue weighted by Crippen LogP contribution is 2.22. The molecule has 0 bridgehead atoms. The number of hydrazine groups is 1. The first-order chi connectivity index (χ1) is 6.54. The number of carbonyl (C=O) groups is 1. The number of hydrogen-bond donors (Lipinski definition) is 1. The van der Waals surface area contributed by atoms with Crippen molar-refractivity contribution in [1.82, 2.24) is 9.99 Å². The molecule has 0 spiro atoms. The number of carbonyl (C=O) groups excluding carboxylic acids is 1. The number of aryl methyl sites for hydroxylation is 1. The molecule has 1 rings (SSSR count). The summed E-state index contributed by atoms with van der Waals surface area (Å²) in [6.45, 7) is 1.84. The van der Waals surface area contributed by atoms with Crippen LogP contribution >= 0.6 is 11.3 Å². The molecular formula is C8H13N3O2S. The number of hydrogen-bond acceptors (Lipinski definition) is 6. The maximum absolute atomic E-state index is 11.2. The maximum atomic E-state index is 11.2. The molecule has 14 heavy (non-hydrogen) atoms. The lowest BCUT2D eigenvalue weighted by Gasteiger charge is -2.08. The Bertz CT molecular complexity index is 335. The van der Waals surface area contributed by atoms with Crippen molar-refractivity contribution in [3.63, 3.8) is 0 Å². The Morgan fingerprint density at radius 2 is 2.21 bits per heavy atom. The van der Waals surface area contributed by atoms with E-state index in [1.165, 1.54) is 18.4 Å². The summed E-state index contributed by atoms with van der Waals surface area (Å²) in [5.41, 5.74) is 3.35. The van der Waals surface area contributed by atoms with Crippen molar-refractivity contribution in [2.75, 3.05) is 26.6 Å². The first-order valence-electron chi connectivity index (χ1n) is 4.04. The van der Waals surface area contributed by atoms with Gasteiger partial charge in [-0.3, -0.25) is 5.43 Å². The van der Waals surface area contributed by atoms with Gasteiger partial charge in [-0.2, -0.15) is 0 Å². The van der Waals surface area contributed by atoms with Crippen LogP contribution in [-0.2, 0) is 4.74 Å². The summed E-state index contributed by atoms with van der Waals surface area (Å²) in [4.78, 5) is 16.2. The summed E-state index contributed by atoms with van der Waals surface area (Å²) in [5, 5.41) is 2.45. The molecule has 1 N–H and O–H groups in total. The molecule has 1 heterocycles. The third-order valence-electron chi connectivity index (χ3n) is 1.49. The number of anilines is 1. The average molecular weight is 215 g/mol. The van der Waals surface area contributed by atoms with Gasteiger partial charge in [0.05, 0.1) is 7.11 Å². The largest absolute Gasteiger partial charge is 0.464 e. The number of esters is 1. The molecule has 0 aliphatic carbocycles. The second-order valence-electron chi connectivity index (χ2n) is 2.92. The van der Waals surface area contributed by atoms with Crippen LogP contribution in [0.5, 0.6) is 0 Å². The Morgan fingerprint density at radius 1 is 1.57 bits per heavy atom. The van der Waals surface area contributed by atoms with Gasteiger partial charge < -0.3 is 4.74 Å². The molecule has 0 amide bonds. The van der Waals surface area contributed by atoms with Gasteiger partial charge in [0.25, 0.3) is 0 Å². The molecule has 0 atom stereocenters. The third-order valence-corrected chi connectivity index (χ3v) is 2.37. The van der Waals surface area contributed by atoms with Gasteiger partial charge in [0.2, 0.25) is 0 Å². The van der Waals surface area contributed by atoms with Gasteiger partial charge in [-0.25, -0.2) is 14.8 Å². The summed E-state index contributed by atoms with van der Waals surface area (Å²) in [6.07, 6.45) is 0. The van der Waals surface area contributed by atoms with E-state index in [1.807, 2.05) is 21.0 Å². The molecule has 0 aliphatic heterocycles. The minimum absolute atomic E-state index is 0.377. The molecule has 0 fully saturated rings. The highest BCUT2D eigenvalue weighted by Gasteiger charge is 2.15. The zero-order valence-electron chi connectivity index (χ0n) is 8.62. The number of ether oxygens (including phenoxy) is 1. The minimum Gasteiger partial charge on any atom is -0.464 e. The SMILES string of the molecule is COC(=O)c1nc(NN(C)C)sc1C. The lowest BCUT2D eigenvalue weighted by atomic mass is 10.4. The number of methoxy groups -OCH3 is 1. The summed E-state index contributed by atoms with van der Waals surface area (Å²) < 4.78 is 4.60. The fraction of sp³-hybridized carbons (Fsp3) is 0.500. The summed E-state index contributed by atoms with van der Waals surface area (Å²) in [7, 11) is 5.06. The Morgan fingerprint density at radius 3 is 2.71 bits per heavy atom. The van der Waals surface area contributed by atoms with E-state index in [0.717, 1.165) is 4.88 Å². The number of nitrogens with one attached hydrogen (secondary N) is 1. The van der Waals surface area contributed by atoms with Crippen LogP contribution in [0.15, 0.2) is 0 Å². The first kappa shape index (κ1) is 10.9. The second kappa shape index (κ2) is 4.39. The van der Waals surface area contributed by atoms with Crippen LogP contribution in [0.25, 0.3) is 0 Å². The Kier molecular flexibility index (Phi) is 3.43. The van der Waals surface area contributed by atoms with Gasteiger partial charge in [-0.15, -0.1) is 11.3 Å². The van der Waals surface area contributed by atoms with Crippen LogP contribution in [0, 0.1) is 6.92 Å². The van der Waals surface area contributed by atoms with Crippen LogP contribution in [0.1, 0.15) is 15.4 Å². The summed E-state index contributed by atoms with van der Waals surface area (Å²) in [6, 6.07) is 0. The van der Waals surface area contributed by atoms with E-state index in [-0.39, 0.29) is 0 Å². The molecule has 5 nitrogen and oxygen atoms in total. The predicted octanol–water partition coefficient (Wildman–Crippen LogP) is 1.13. The van der Waals surface area contributed by atoms with Gasteiger partial charge in [0, 0.05) is 19.0 Å². The van der Waals surface area contributed by atoms with Gasteiger partial charge in [-0.1, -0.05) is 0 Å². The highest BCUT2D eigenvalue weighted by atomic mass is 32.1. The van der Waals surface area contributed by atoms with E-state index >= 15 is 0 Å². The summed E-state index contributed by atoms with van der Waals surface area (Å²) in [5.74, 6) is -0.398. The Hall–Kier alpha value is -1.14. The Labute approximate surface area is 86.7 Å². The zero-order chi connectivity index (χ0) is 10.7. The lowest BCUT2D eigenvalue weighted by Crippen LogP contribution is -2.19. The van der Waals surface area contributed by atoms with Gasteiger partial charge in [0.1, 0.15) is 0 Å². The van der Waals surface area contributed by atoms with Crippen molar-refractivity contribution in [1.29, 1.82) is 0 Å². The topological polar surface area (TPSA) is 54.5 Å². The first-order valence-corrected chi connectivity index (χ1v) is 4.86. The van der Waals surface area contributed by atoms with Crippen LogP contribution in [-0.4, -0.2) is 37.2 Å². The van der Waals surface area contributed by atoms with Crippen molar-refractivity contribution in [2.45, 2.75) is 6.92 Å². The average Bonchev–Trinajstić information content (AvgIpc) is 2.44. The molecule has 0 saturated carbocycles. The van der Waals surface area contributed by atoms with Crippen LogP contribution in [0.4, 0.5) is 5.13 Å². The van der Waals surface area contributed by atoms with Crippen molar-refractivity contribution in [2.24, 2.45) is 0 Å². The van der Waals surface area contributed by atoms with Crippen molar-refractivity contribution in [3.05, 3.63) is 10.6 Å². The minimum atomic E-state index is -0.398. The molecular weight excluding hydrogens is 202 g/mol. The quantitative estimate of drug-likeness (QED) is 0.605. The smallest absolute Gasteiger partial charge is 0.357 e. The lowest BCUT2D eigenvalue weighted by molar-refractivity contribution is 0.0594. The number of aromatic nitrogens is 1. The van der Waals surface area contributed by atoms with Gasteiger partial charge >= 0.3 is 5.97 Å².